The number of hydrogen-bond donors (Lipinski definition) is 1. The summed E-state index contributed by atoms with van der Waals surface area (Å²) in [6.45, 7) is 1.96. The van der Waals surface area contributed by atoms with E-state index >= 15 is 0 Å². The van der Waals surface area contributed by atoms with E-state index in [4.69, 9.17) is 0 Å². The van der Waals surface area contributed by atoms with Crippen LogP contribution in [0.1, 0.15) is 22.3 Å². The number of ketones is 1. The Kier molecular flexibility index (Phi) is 4.00. The SMILES string of the molecule is Cc1cc(S)cc(C(=O)CCBr)c1. The Balaban J connectivity index is 2.94. The third-order valence-corrected chi connectivity index (χ3v) is 2.36. The number of aryl methyl sites for hydroxylation is 1. The summed E-state index contributed by atoms with van der Waals surface area (Å²) < 4.78 is 0. The Labute approximate surface area is 92.1 Å². The molecule has 0 fully saturated rings. The summed E-state index contributed by atoms with van der Waals surface area (Å²) in [5.41, 5.74) is 1.83. The second-order valence-electron chi connectivity index (χ2n) is 2.92. The summed E-state index contributed by atoms with van der Waals surface area (Å²) in [6, 6.07) is 5.64. The maximum absolute atomic E-state index is 11.5. The van der Waals surface area contributed by atoms with E-state index in [9.17, 15) is 4.79 Å². The van der Waals surface area contributed by atoms with Gasteiger partial charge in [-0.05, 0) is 30.7 Å². The first kappa shape index (κ1) is 10.8. The van der Waals surface area contributed by atoms with Crippen LogP contribution in [0.2, 0.25) is 0 Å². The number of hydrogen-bond acceptors (Lipinski definition) is 2. The Hall–Kier alpha value is -0.280. The lowest BCUT2D eigenvalue weighted by atomic mass is 10.1. The van der Waals surface area contributed by atoms with Crippen LogP contribution in [0, 0.1) is 6.92 Å². The van der Waals surface area contributed by atoms with Gasteiger partial charge in [-0.1, -0.05) is 15.9 Å². The number of carbonyl (C=O) groups excluding carboxylic acids is 1. The molecule has 0 saturated heterocycles. The largest absolute Gasteiger partial charge is 0.294 e. The normalized spacial score (nSPS) is 10.1. The van der Waals surface area contributed by atoms with Crippen molar-refractivity contribution in [3.63, 3.8) is 0 Å². The van der Waals surface area contributed by atoms with Crippen molar-refractivity contribution in [1.29, 1.82) is 0 Å². The molecule has 0 atom stereocenters. The summed E-state index contributed by atoms with van der Waals surface area (Å²) in [5, 5.41) is 0.710. The van der Waals surface area contributed by atoms with Gasteiger partial charge in [-0.2, -0.15) is 0 Å². The van der Waals surface area contributed by atoms with Gasteiger partial charge in [-0.3, -0.25) is 4.79 Å². The molecule has 0 N–H and O–H groups in total. The molecular formula is C10H11BrOS. The molecule has 0 unspecified atom stereocenters. The number of alkyl halides is 1. The number of halogens is 1. The standard InChI is InChI=1S/C10H11BrOS/c1-7-4-8(6-9(13)5-7)10(12)2-3-11/h4-6,13H,2-3H2,1H3. The zero-order valence-corrected chi connectivity index (χ0v) is 9.86. The van der Waals surface area contributed by atoms with Gasteiger partial charge in [-0.15, -0.1) is 12.6 Å². The zero-order valence-electron chi connectivity index (χ0n) is 7.38. The third-order valence-electron chi connectivity index (χ3n) is 1.71. The minimum absolute atomic E-state index is 0.163. The van der Waals surface area contributed by atoms with E-state index in [0.717, 1.165) is 16.0 Å². The van der Waals surface area contributed by atoms with Crippen molar-refractivity contribution in [2.75, 3.05) is 5.33 Å². The first-order valence-corrected chi connectivity index (χ1v) is 5.60. The summed E-state index contributed by atoms with van der Waals surface area (Å²) >= 11 is 7.47. The van der Waals surface area contributed by atoms with Gasteiger partial charge >= 0.3 is 0 Å². The van der Waals surface area contributed by atoms with Gasteiger partial charge in [0.2, 0.25) is 0 Å². The van der Waals surface area contributed by atoms with E-state index in [1.165, 1.54) is 0 Å². The topological polar surface area (TPSA) is 17.1 Å². The maximum Gasteiger partial charge on any atom is 0.163 e. The second kappa shape index (κ2) is 4.82. The van der Waals surface area contributed by atoms with Crippen LogP contribution in [0.3, 0.4) is 0 Å². The number of benzene rings is 1. The predicted octanol–water partition coefficient (Wildman–Crippen LogP) is 3.25. The molecule has 1 nitrogen and oxygen atoms in total. The molecule has 0 aromatic heterocycles. The molecule has 0 radical (unpaired) electrons. The highest BCUT2D eigenvalue weighted by Crippen LogP contribution is 2.14. The van der Waals surface area contributed by atoms with Crippen molar-refractivity contribution < 1.29 is 4.79 Å². The number of rotatable bonds is 3. The summed E-state index contributed by atoms with van der Waals surface area (Å²) in [4.78, 5) is 12.3. The van der Waals surface area contributed by atoms with Gasteiger partial charge in [0, 0.05) is 22.2 Å². The minimum atomic E-state index is 0.163. The van der Waals surface area contributed by atoms with E-state index in [1.54, 1.807) is 6.07 Å². The minimum Gasteiger partial charge on any atom is -0.294 e. The molecule has 13 heavy (non-hydrogen) atoms. The third kappa shape index (κ3) is 3.16. The monoisotopic (exact) mass is 258 g/mol. The van der Waals surface area contributed by atoms with Crippen LogP contribution in [0.5, 0.6) is 0 Å². The van der Waals surface area contributed by atoms with Crippen molar-refractivity contribution in [2.24, 2.45) is 0 Å². The molecular weight excluding hydrogens is 248 g/mol. The fourth-order valence-electron chi connectivity index (χ4n) is 1.15. The van der Waals surface area contributed by atoms with Crippen LogP contribution in [0.25, 0.3) is 0 Å². The molecule has 1 aromatic carbocycles. The summed E-state index contributed by atoms with van der Waals surface area (Å²) in [7, 11) is 0. The lowest BCUT2D eigenvalue weighted by Gasteiger charge is -2.01. The van der Waals surface area contributed by atoms with Crippen LogP contribution in [-0.4, -0.2) is 11.1 Å². The van der Waals surface area contributed by atoms with Gasteiger partial charge in [0.25, 0.3) is 0 Å². The summed E-state index contributed by atoms with van der Waals surface area (Å²) in [6.07, 6.45) is 0.538. The van der Waals surface area contributed by atoms with Gasteiger partial charge in [0.1, 0.15) is 0 Å². The number of carbonyl (C=O) groups is 1. The summed E-state index contributed by atoms with van der Waals surface area (Å²) in [5.74, 6) is 0.163. The predicted molar refractivity (Wildman–Crippen MR) is 61.2 cm³/mol. The van der Waals surface area contributed by atoms with Gasteiger partial charge in [0.05, 0.1) is 0 Å². The molecule has 0 spiro atoms. The highest BCUT2D eigenvalue weighted by Gasteiger charge is 2.05. The lowest BCUT2D eigenvalue weighted by molar-refractivity contribution is 0.0989. The molecule has 3 heteroatoms. The molecule has 0 bridgehead atoms. The molecule has 0 heterocycles. The molecule has 0 saturated carbocycles. The van der Waals surface area contributed by atoms with Crippen molar-refractivity contribution >= 4 is 34.3 Å². The molecule has 0 aliphatic carbocycles. The second-order valence-corrected chi connectivity index (χ2v) is 4.23. The molecule has 70 valence electrons. The Morgan fingerprint density at radius 1 is 1.46 bits per heavy atom. The Morgan fingerprint density at radius 2 is 2.15 bits per heavy atom. The van der Waals surface area contributed by atoms with E-state index in [1.807, 2.05) is 19.1 Å². The van der Waals surface area contributed by atoms with Crippen LogP contribution in [0.15, 0.2) is 23.1 Å². The van der Waals surface area contributed by atoms with E-state index < -0.39 is 0 Å². The van der Waals surface area contributed by atoms with Crippen LogP contribution >= 0.6 is 28.6 Å². The fraction of sp³-hybridized carbons (Fsp3) is 0.300. The highest BCUT2D eigenvalue weighted by atomic mass is 79.9. The van der Waals surface area contributed by atoms with Crippen molar-refractivity contribution in [2.45, 2.75) is 18.2 Å². The van der Waals surface area contributed by atoms with Gasteiger partial charge in [-0.25, -0.2) is 0 Å². The Bertz CT molecular complexity index is 302. The molecule has 1 aromatic rings. The van der Waals surface area contributed by atoms with E-state index in [2.05, 4.69) is 28.6 Å². The quantitative estimate of drug-likeness (QED) is 0.501. The van der Waals surface area contributed by atoms with Crippen LogP contribution in [-0.2, 0) is 0 Å². The lowest BCUT2D eigenvalue weighted by Crippen LogP contribution is -1.99. The number of thiol groups is 1. The first-order valence-electron chi connectivity index (χ1n) is 4.03. The highest BCUT2D eigenvalue weighted by molar-refractivity contribution is 9.09. The fourth-order valence-corrected chi connectivity index (χ4v) is 1.86. The van der Waals surface area contributed by atoms with E-state index in [-0.39, 0.29) is 5.78 Å². The average molecular weight is 259 g/mol. The number of Topliss-reactive ketones (excluding diaryl/α,β-unsaturated/α-hetero) is 1. The Morgan fingerprint density at radius 3 is 2.69 bits per heavy atom. The maximum atomic E-state index is 11.5. The van der Waals surface area contributed by atoms with Crippen LogP contribution in [0.4, 0.5) is 0 Å². The smallest absolute Gasteiger partial charge is 0.163 e. The van der Waals surface area contributed by atoms with Crippen LogP contribution < -0.4 is 0 Å². The average Bonchev–Trinajstić information content (AvgIpc) is 2.03. The molecule has 1 rings (SSSR count). The molecule has 0 amide bonds. The van der Waals surface area contributed by atoms with Crippen molar-refractivity contribution in [3.05, 3.63) is 29.3 Å². The van der Waals surface area contributed by atoms with Gasteiger partial charge < -0.3 is 0 Å². The van der Waals surface area contributed by atoms with Gasteiger partial charge in [0.15, 0.2) is 5.78 Å². The van der Waals surface area contributed by atoms with Crippen molar-refractivity contribution in [3.8, 4) is 0 Å². The van der Waals surface area contributed by atoms with E-state index in [0.29, 0.717) is 11.8 Å². The zero-order chi connectivity index (χ0) is 9.84. The molecule has 0 aliphatic heterocycles. The first-order chi connectivity index (χ1) is 6.13. The van der Waals surface area contributed by atoms with Crippen molar-refractivity contribution in [1.82, 2.24) is 0 Å². The molecule has 0 aliphatic rings.